The van der Waals surface area contributed by atoms with E-state index in [1.165, 1.54) is 0 Å². The van der Waals surface area contributed by atoms with E-state index in [0.29, 0.717) is 13.0 Å². The predicted molar refractivity (Wildman–Crippen MR) is 90.7 cm³/mol. The zero-order valence-electron chi connectivity index (χ0n) is 14.7. The highest BCUT2D eigenvalue weighted by Crippen LogP contribution is 2.40. The molecule has 0 unspecified atom stereocenters. The van der Waals surface area contributed by atoms with Crippen LogP contribution in [0, 0.1) is 5.41 Å². The van der Waals surface area contributed by atoms with E-state index in [-0.39, 0.29) is 24.2 Å². The fourth-order valence-corrected chi connectivity index (χ4v) is 4.34. The largest absolute Gasteiger partial charge is 0.454 e. The maximum Gasteiger partial charge on any atom is 0.231 e. The summed E-state index contributed by atoms with van der Waals surface area (Å²) in [7, 11) is 1.73. The Hall–Kier alpha value is -1.79. The van der Waals surface area contributed by atoms with Gasteiger partial charge in [-0.15, -0.1) is 0 Å². The van der Waals surface area contributed by atoms with Crippen LogP contribution in [0.4, 0.5) is 0 Å². The molecule has 1 aromatic carbocycles. The third-order valence-corrected chi connectivity index (χ3v) is 5.56. The van der Waals surface area contributed by atoms with Gasteiger partial charge in [0.05, 0.1) is 19.1 Å². The molecule has 3 aliphatic rings. The van der Waals surface area contributed by atoms with Crippen LogP contribution in [0.15, 0.2) is 18.2 Å². The van der Waals surface area contributed by atoms with Gasteiger partial charge >= 0.3 is 0 Å². The van der Waals surface area contributed by atoms with Gasteiger partial charge in [-0.3, -0.25) is 4.79 Å². The van der Waals surface area contributed by atoms with Gasteiger partial charge in [-0.05, 0) is 37.0 Å². The van der Waals surface area contributed by atoms with Gasteiger partial charge < -0.3 is 23.8 Å². The fraction of sp³-hybridized carbons (Fsp3) is 0.632. The van der Waals surface area contributed by atoms with E-state index < -0.39 is 0 Å². The van der Waals surface area contributed by atoms with Crippen molar-refractivity contribution in [3.63, 3.8) is 0 Å². The Labute approximate surface area is 148 Å². The molecule has 0 spiro atoms. The van der Waals surface area contributed by atoms with Crippen LogP contribution in [-0.4, -0.2) is 57.1 Å². The van der Waals surface area contributed by atoms with Crippen molar-refractivity contribution in [3.05, 3.63) is 23.8 Å². The summed E-state index contributed by atoms with van der Waals surface area (Å²) in [6, 6.07) is 5.72. The van der Waals surface area contributed by atoms with Gasteiger partial charge in [0.15, 0.2) is 11.5 Å². The van der Waals surface area contributed by atoms with Crippen molar-refractivity contribution >= 4 is 5.91 Å². The summed E-state index contributed by atoms with van der Waals surface area (Å²) in [6.45, 7) is 3.18. The minimum absolute atomic E-state index is 0.0597. The average molecular weight is 347 g/mol. The van der Waals surface area contributed by atoms with Crippen LogP contribution in [0.2, 0.25) is 0 Å². The molecular formula is C19H25NO5. The van der Waals surface area contributed by atoms with Crippen LogP contribution in [0.3, 0.4) is 0 Å². The summed E-state index contributed by atoms with van der Waals surface area (Å²) >= 11 is 0. The summed E-state index contributed by atoms with van der Waals surface area (Å²) in [5.74, 6) is 1.62. The number of rotatable bonds is 4. The molecule has 1 aromatic rings. The zero-order valence-corrected chi connectivity index (χ0v) is 14.7. The van der Waals surface area contributed by atoms with Crippen LogP contribution in [0.1, 0.15) is 24.8 Å². The molecule has 2 fully saturated rings. The van der Waals surface area contributed by atoms with Gasteiger partial charge in [-0.2, -0.15) is 0 Å². The van der Waals surface area contributed by atoms with Crippen LogP contribution in [0.25, 0.3) is 0 Å². The normalized spacial score (nSPS) is 27.9. The predicted octanol–water partition coefficient (Wildman–Crippen LogP) is 2.00. The summed E-state index contributed by atoms with van der Waals surface area (Å²) in [5, 5.41) is 0. The summed E-state index contributed by atoms with van der Waals surface area (Å²) in [6.07, 6.45) is 3.56. The standard InChI is InChI=1S/C19H25NO5/c1-22-12-19-6-2-8-23-17(19)5-7-20(11-19)18(21)10-14-3-4-15-16(9-14)25-13-24-15/h3-4,9,17H,2,5-8,10-13H2,1H3/t17-,19-/m1/s1. The lowest BCUT2D eigenvalue weighted by Crippen LogP contribution is -2.58. The SMILES string of the molecule is COC[C@]12CCCO[C@@H]1CCN(C(=O)Cc1ccc3c(c1)OCO3)C2. The first kappa shape index (κ1) is 16.7. The molecule has 0 aromatic heterocycles. The van der Waals surface area contributed by atoms with E-state index >= 15 is 0 Å². The lowest BCUT2D eigenvalue weighted by Gasteiger charge is -2.50. The minimum atomic E-state index is -0.0597. The molecule has 2 atom stereocenters. The molecule has 2 saturated heterocycles. The molecule has 3 heterocycles. The highest BCUT2D eigenvalue weighted by Gasteiger charge is 2.46. The number of piperidine rings is 1. The molecule has 136 valence electrons. The number of carbonyl (C=O) groups excluding carboxylic acids is 1. The number of hydrogen-bond acceptors (Lipinski definition) is 5. The summed E-state index contributed by atoms with van der Waals surface area (Å²) < 4.78 is 22.2. The third kappa shape index (κ3) is 3.20. The van der Waals surface area contributed by atoms with Gasteiger partial charge in [0.1, 0.15) is 0 Å². The summed E-state index contributed by atoms with van der Waals surface area (Å²) in [5.41, 5.74) is 0.896. The second kappa shape index (κ2) is 6.84. The molecule has 4 rings (SSSR count). The molecule has 6 nitrogen and oxygen atoms in total. The maximum atomic E-state index is 12.9. The lowest BCUT2D eigenvalue weighted by atomic mass is 9.73. The van der Waals surface area contributed by atoms with Gasteiger partial charge in [-0.25, -0.2) is 0 Å². The number of benzene rings is 1. The topological polar surface area (TPSA) is 57.2 Å². The Bertz CT molecular complexity index is 645. The Morgan fingerprint density at radius 3 is 3.12 bits per heavy atom. The number of nitrogens with zero attached hydrogens (tertiary/aromatic N) is 1. The van der Waals surface area contributed by atoms with Crippen LogP contribution in [-0.2, 0) is 20.7 Å². The maximum absolute atomic E-state index is 12.9. The molecule has 0 radical (unpaired) electrons. The first-order chi connectivity index (χ1) is 12.2. The number of likely N-dealkylation sites (tertiary alicyclic amines) is 1. The molecule has 1 amide bonds. The minimum Gasteiger partial charge on any atom is -0.454 e. The molecule has 0 saturated carbocycles. The van der Waals surface area contributed by atoms with E-state index in [4.69, 9.17) is 18.9 Å². The highest BCUT2D eigenvalue weighted by molar-refractivity contribution is 5.79. The number of amides is 1. The van der Waals surface area contributed by atoms with E-state index in [1.54, 1.807) is 7.11 Å². The van der Waals surface area contributed by atoms with Gasteiger partial charge in [-0.1, -0.05) is 6.07 Å². The lowest BCUT2D eigenvalue weighted by molar-refractivity contribution is -0.161. The molecule has 25 heavy (non-hydrogen) atoms. The smallest absolute Gasteiger partial charge is 0.231 e. The van der Waals surface area contributed by atoms with Crippen molar-refractivity contribution in [2.75, 3.05) is 40.2 Å². The van der Waals surface area contributed by atoms with Crippen molar-refractivity contribution in [3.8, 4) is 11.5 Å². The first-order valence-electron chi connectivity index (χ1n) is 8.97. The van der Waals surface area contributed by atoms with Crippen molar-refractivity contribution in [2.24, 2.45) is 5.41 Å². The Morgan fingerprint density at radius 2 is 2.24 bits per heavy atom. The van der Waals surface area contributed by atoms with E-state index in [0.717, 1.165) is 56.0 Å². The second-order valence-electron chi connectivity index (χ2n) is 7.23. The Balaban J connectivity index is 1.45. The van der Waals surface area contributed by atoms with E-state index in [1.807, 2.05) is 23.1 Å². The third-order valence-electron chi connectivity index (χ3n) is 5.56. The molecule has 0 bridgehead atoms. The summed E-state index contributed by atoms with van der Waals surface area (Å²) in [4.78, 5) is 14.8. The fourth-order valence-electron chi connectivity index (χ4n) is 4.34. The molecule has 6 heteroatoms. The number of fused-ring (bicyclic) bond motifs is 2. The second-order valence-corrected chi connectivity index (χ2v) is 7.23. The van der Waals surface area contributed by atoms with Crippen molar-refractivity contribution in [2.45, 2.75) is 31.8 Å². The van der Waals surface area contributed by atoms with E-state index in [2.05, 4.69) is 0 Å². The van der Waals surface area contributed by atoms with Crippen LogP contribution < -0.4 is 9.47 Å². The first-order valence-corrected chi connectivity index (χ1v) is 8.97. The van der Waals surface area contributed by atoms with Crippen molar-refractivity contribution < 1.29 is 23.7 Å². The van der Waals surface area contributed by atoms with Crippen LogP contribution in [0.5, 0.6) is 11.5 Å². The monoisotopic (exact) mass is 347 g/mol. The van der Waals surface area contributed by atoms with Gasteiger partial charge in [0.2, 0.25) is 12.7 Å². The van der Waals surface area contributed by atoms with Gasteiger partial charge in [0, 0.05) is 32.2 Å². The number of methoxy groups -OCH3 is 1. The number of ether oxygens (including phenoxy) is 4. The van der Waals surface area contributed by atoms with Crippen LogP contribution >= 0.6 is 0 Å². The molecule has 0 aliphatic carbocycles. The number of carbonyl (C=O) groups is 1. The molecule has 0 N–H and O–H groups in total. The van der Waals surface area contributed by atoms with Crippen molar-refractivity contribution in [1.82, 2.24) is 4.90 Å². The van der Waals surface area contributed by atoms with Crippen molar-refractivity contribution in [1.29, 1.82) is 0 Å². The Kier molecular flexibility index (Phi) is 4.56. The highest BCUT2D eigenvalue weighted by atomic mass is 16.7. The Morgan fingerprint density at radius 1 is 1.36 bits per heavy atom. The molecular weight excluding hydrogens is 322 g/mol. The zero-order chi connectivity index (χ0) is 17.3. The number of hydrogen-bond donors (Lipinski definition) is 0. The van der Waals surface area contributed by atoms with Gasteiger partial charge in [0.25, 0.3) is 0 Å². The average Bonchev–Trinajstić information content (AvgIpc) is 3.09. The quantitative estimate of drug-likeness (QED) is 0.834. The van der Waals surface area contributed by atoms with E-state index in [9.17, 15) is 4.79 Å². The molecule has 3 aliphatic heterocycles.